The summed E-state index contributed by atoms with van der Waals surface area (Å²) in [4.78, 5) is 0. The van der Waals surface area contributed by atoms with Gasteiger partial charge in [-0.15, -0.1) is 0 Å². The van der Waals surface area contributed by atoms with Crippen LogP contribution in [-0.2, 0) is 0 Å². The smallest absolute Gasteiger partial charge is 0.0991 e. The van der Waals surface area contributed by atoms with Gasteiger partial charge in [0.2, 0.25) is 0 Å². The molecule has 2 rings (SSSR count). The molecule has 2 nitrogen and oxygen atoms in total. The van der Waals surface area contributed by atoms with Crippen molar-refractivity contribution in [1.29, 1.82) is 5.26 Å². The lowest BCUT2D eigenvalue weighted by molar-refractivity contribution is 0.265. The Morgan fingerprint density at radius 2 is 2.25 bits per heavy atom. The van der Waals surface area contributed by atoms with E-state index in [0.717, 1.165) is 23.9 Å². The zero-order valence-corrected chi connectivity index (χ0v) is 12.7. The quantitative estimate of drug-likeness (QED) is 0.859. The first-order valence-electron chi connectivity index (χ1n) is 7.92. The third-order valence-electron chi connectivity index (χ3n) is 4.56. The normalized spacial score (nSPS) is 24.1. The van der Waals surface area contributed by atoms with Gasteiger partial charge < -0.3 is 5.32 Å². The molecule has 3 atom stereocenters. The molecule has 0 radical (unpaired) electrons. The summed E-state index contributed by atoms with van der Waals surface area (Å²) in [7, 11) is 0. The summed E-state index contributed by atoms with van der Waals surface area (Å²) in [5, 5.41) is 12.5. The van der Waals surface area contributed by atoms with Gasteiger partial charge in [0.25, 0.3) is 0 Å². The predicted molar refractivity (Wildman–Crippen MR) is 83.3 cm³/mol. The molecule has 0 aliphatic heterocycles. The number of hydrogen-bond acceptors (Lipinski definition) is 2. The fourth-order valence-corrected chi connectivity index (χ4v) is 3.32. The van der Waals surface area contributed by atoms with E-state index in [1.54, 1.807) is 0 Å². The molecule has 0 amide bonds. The Balaban J connectivity index is 1.77. The van der Waals surface area contributed by atoms with Gasteiger partial charge in [-0.2, -0.15) is 5.26 Å². The van der Waals surface area contributed by atoms with Crippen LogP contribution in [0.1, 0.15) is 63.1 Å². The molecule has 0 heterocycles. The highest BCUT2D eigenvalue weighted by atomic mass is 14.9. The van der Waals surface area contributed by atoms with Crippen LogP contribution in [0.2, 0.25) is 0 Å². The van der Waals surface area contributed by atoms with Gasteiger partial charge in [0.05, 0.1) is 11.6 Å². The fraction of sp³-hybridized carbons (Fsp3) is 0.611. The molecular formula is C18H26N2. The van der Waals surface area contributed by atoms with Gasteiger partial charge in [-0.1, -0.05) is 38.3 Å². The highest BCUT2D eigenvalue weighted by Gasteiger charge is 2.18. The second kappa shape index (κ2) is 7.45. The molecule has 1 aromatic carbocycles. The zero-order valence-electron chi connectivity index (χ0n) is 12.7. The van der Waals surface area contributed by atoms with Crippen LogP contribution in [0, 0.1) is 23.2 Å². The van der Waals surface area contributed by atoms with Crippen molar-refractivity contribution in [3.8, 4) is 6.07 Å². The summed E-state index contributed by atoms with van der Waals surface area (Å²) in [5.74, 6) is 1.82. The largest absolute Gasteiger partial charge is 0.310 e. The number of nitrogens with one attached hydrogen (secondary N) is 1. The number of nitriles is 1. The van der Waals surface area contributed by atoms with E-state index in [0.29, 0.717) is 6.04 Å². The van der Waals surface area contributed by atoms with Crippen LogP contribution in [0.3, 0.4) is 0 Å². The van der Waals surface area contributed by atoms with Crippen molar-refractivity contribution in [2.24, 2.45) is 11.8 Å². The molecule has 3 unspecified atom stereocenters. The van der Waals surface area contributed by atoms with Crippen LogP contribution < -0.4 is 5.32 Å². The minimum absolute atomic E-state index is 0.323. The Hall–Kier alpha value is -1.33. The minimum Gasteiger partial charge on any atom is -0.310 e. The van der Waals surface area contributed by atoms with Crippen LogP contribution in [0.5, 0.6) is 0 Å². The maximum absolute atomic E-state index is 8.94. The molecule has 0 spiro atoms. The highest BCUT2D eigenvalue weighted by molar-refractivity contribution is 5.33. The monoisotopic (exact) mass is 270 g/mol. The van der Waals surface area contributed by atoms with Gasteiger partial charge in [0.1, 0.15) is 0 Å². The molecule has 0 saturated heterocycles. The van der Waals surface area contributed by atoms with E-state index < -0.39 is 0 Å². The second-order valence-electron chi connectivity index (χ2n) is 6.34. The maximum Gasteiger partial charge on any atom is 0.0991 e. The standard InChI is InChI=1S/C18H26N2/c1-14-5-3-6-16(11-14)9-10-20-15(2)18-8-4-7-17(12-18)13-19/h4,7-8,12,14-16,20H,3,5-6,9-11H2,1-2H3. The first-order chi connectivity index (χ1) is 9.69. The summed E-state index contributed by atoms with van der Waals surface area (Å²) < 4.78 is 0. The highest BCUT2D eigenvalue weighted by Crippen LogP contribution is 2.30. The van der Waals surface area contributed by atoms with Gasteiger partial charge in [-0.3, -0.25) is 0 Å². The second-order valence-corrected chi connectivity index (χ2v) is 6.34. The van der Waals surface area contributed by atoms with Gasteiger partial charge in [0, 0.05) is 6.04 Å². The Morgan fingerprint density at radius 3 is 3.00 bits per heavy atom. The molecule has 1 aliphatic rings. The maximum atomic E-state index is 8.94. The van der Waals surface area contributed by atoms with E-state index in [2.05, 4.69) is 31.3 Å². The molecule has 0 bridgehead atoms. The van der Waals surface area contributed by atoms with Crippen LogP contribution in [-0.4, -0.2) is 6.54 Å². The number of rotatable bonds is 5. The van der Waals surface area contributed by atoms with Crippen LogP contribution >= 0.6 is 0 Å². The molecule has 0 aromatic heterocycles. The van der Waals surface area contributed by atoms with E-state index in [4.69, 9.17) is 5.26 Å². The predicted octanol–water partition coefficient (Wildman–Crippen LogP) is 4.43. The topological polar surface area (TPSA) is 35.8 Å². The summed E-state index contributed by atoms with van der Waals surface area (Å²) >= 11 is 0. The molecule has 1 fully saturated rings. The van der Waals surface area contributed by atoms with Crippen molar-refractivity contribution in [2.75, 3.05) is 6.54 Å². The summed E-state index contributed by atoms with van der Waals surface area (Å²) in [5.41, 5.74) is 1.96. The first-order valence-corrected chi connectivity index (χ1v) is 7.92. The SMILES string of the molecule is CC1CCCC(CCNC(C)c2cccc(C#N)c2)C1. The lowest BCUT2D eigenvalue weighted by Crippen LogP contribution is -2.23. The molecular weight excluding hydrogens is 244 g/mol. The minimum atomic E-state index is 0.323. The molecule has 20 heavy (non-hydrogen) atoms. The van der Waals surface area contributed by atoms with E-state index in [1.807, 2.05) is 18.2 Å². The van der Waals surface area contributed by atoms with Crippen molar-refractivity contribution < 1.29 is 0 Å². The van der Waals surface area contributed by atoms with E-state index >= 15 is 0 Å². The Kier molecular flexibility index (Phi) is 5.61. The lowest BCUT2D eigenvalue weighted by Gasteiger charge is -2.27. The zero-order chi connectivity index (χ0) is 14.4. The summed E-state index contributed by atoms with van der Waals surface area (Å²) in [6, 6.07) is 10.4. The van der Waals surface area contributed by atoms with Gasteiger partial charge >= 0.3 is 0 Å². The average Bonchev–Trinajstić information content (AvgIpc) is 2.47. The molecule has 108 valence electrons. The molecule has 1 N–H and O–H groups in total. The molecule has 1 saturated carbocycles. The van der Waals surface area contributed by atoms with E-state index in [9.17, 15) is 0 Å². The molecule has 1 aliphatic carbocycles. The van der Waals surface area contributed by atoms with Crippen molar-refractivity contribution >= 4 is 0 Å². The molecule has 1 aromatic rings. The first kappa shape index (κ1) is 15.1. The third-order valence-corrected chi connectivity index (χ3v) is 4.56. The van der Waals surface area contributed by atoms with E-state index in [-0.39, 0.29) is 0 Å². The Morgan fingerprint density at radius 1 is 1.40 bits per heavy atom. The van der Waals surface area contributed by atoms with Crippen molar-refractivity contribution in [1.82, 2.24) is 5.32 Å². The van der Waals surface area contributed by atoms with Crippen LogP contribution in [0.15, 0.2) is 24.3 Å². The number of hydrogen-bond donors (Lipinski definition) is 1. The number of benzene rings is 1. The van der Waals surface area contributed by atoms with E-state index in [1.165, 1.54) is 37.7 Å². The fourth-order valence-electron chi connectivity index (χ4n) is 3.32. The van der Waals surface area contributed by atoms with Gasteiger partial charge in [0.15, 0.2) is 0 Å². The summed E-state index contributed by atoms with van der Waals surface area (Å²) in [6.07, 6.45) is 6.92. The van der Waals surface area contributed by atoms with Crippen molar-refractivity contribution in [3.63, 3.8) is 0 Å². The lowest BCUT2D eigenvalue weighted by atomic mass is 9.81. The van der Waals surface area contributed by atoms with Crippen LogP contribution in [0.4, 0.5) is 0 Å². The molecule has 2 heteroatoms. The number of nitrogens with zero attached hydrogens (tertiary/aromatic N) is 1. The average molecular weight is 270 g/mol. The van der Waals surface area contributed by atoms with Gasteiger partial charge in [-0.05, 0) is 55.8 Å². The van der Waals surface area contributed by atoms with Crippen LogP contribution in [0.25, 0.3) is 0 Å². The Bertz CT molecular complexity index is 461. The summed E-state index contributed by atoms with van der Waals surface area (Å²) in [6.45, 7) is 5.64. The van der Waals surface area contributed by atoms with Crippen molar-refractivity contribution in [3.05, 3.63) is 35.4 Å². The van der Waals surface area contributed by atoms with Crippen molar-refractivity contribution in [2.45, 2.75) is 52.0 Å². The third kappa shape index (κ3) is 4.35. The Labute approximate surface area is 123 Å². The van der Waals surface area contributed by atoms with Gasteiger partial charge in [-0.25, -0.2) is 0 Å².